The lowest BCUT2D eigenvalue weighted by molar-refractivity contribution is 0.414. The predicted molar refractivity (Wildman–Crippen MR) is 57.8 cm³/mol. The molecule has 0 N–H and O–H groups in total. The van der Waals surface area contributed by atoms with E-state index < -0.39 is 0 Å². The highest BCUT2D eigenvalue weighted by atomic mass is 35.5. The molecule has 0 aliphatic heterocycles. The summed E-state index contributed by atoms with van der Waals surface area (Å²) in [5.41, 5.74) is 0.940. The summed E-state index contributed by atoms with van der Waals surface area (Å²) >= 11 is 11.4. The standard InChI is InChI=1S/C10H10Cl2O/c1-13-10-5-4-9(12)7-8(10)3-2-6-11/h2-5,7H,6H2,1H3. The maximum absolute atomic E-state index is 5.83. The Bertz CT molecular complexity index is 308. The zero-order valence-electron chi connectivity index (χ0n) is 7.26. The van der Waals surface area contributed by atoms with Gasteiger partial charge in [0.15, 0.2) is 0 Å². The number of ether oxygens (including phenoxy) is 1. The van der Waals surface area contributed by atoms with Gasteiger partial charge in [-0.05, 0) is 18.2 Å². The third-order valence-electron chi connectivity index (χ3n) is 1.58. The summed E-state index contributed by atoms with van der Waals surface area (Å²) in [7, 11) is 1.63. The van der Waals surface area contributed by atoms with Gasteiger partial charge in [0.25, 0.3) is 0 Å². The molecular weight excluding hydrogens is 207 g/mol. The molecule has 0 radical (unpaired) electrons. The van der Waals surface area contributed by atoms with Gasteiger partial charge in [0.05, 0.1) is 7.11 Å². The Morgan fingerprint density at radius 3 is 2.85 bits per heavy atom. The molecule has 3 heteroatoms. The minimum absolute atomic E-state index is 0.482. The average Bonchev–Trinajstić information content (AvgIpc) is 2.15. The van der Waals surface area contributed by atoms with Gasteiger partial charge < -0.3 is 4.74 Å². The van der Waals surface area contributed by atoms with E-state index in [-0.39, 0.29) is 0 Å². The molecule has 1 aromatic rings. The number of benzene rings is 1. The average molecular weight is 217 g/mol. The Morgan fingerprint density at radius 1 is 1.46 bits per heavy atom. The van der Waals surface area contributed by atoms with Gasteiger partial charge in [0.1, 0.15) is 5.75 Å². The summed E-state index contributed by atoms with van der Waals surface area (Å²) in [5, 5.41) is 0.690. The number of alkyl halides is 1. The van der Waals surface area contributed by atoms with Gasteiger partial charge in [-0.25, -0.2) is 0 Å². The van der Waals surface area contributed by atoms with Crippen LogP contribution < -0.4 is 4.74 Å². The van der Waals surface area contributed by atoms with Crippen molar-refractivity contribution in [2.45, 2.75) is 0 Å². The Labute approximate surface area is 87.9 Å². The maximum Gasteiger partial charge on any atom is 0.126 e. The van der Waals surface area contributed by atoms with E-state index in [0.29, 0.717) is 10.9 Å². The van der Waals surface area contributed by atoms with Crippen LogP contribution in [0.25, 0.3) is 6.08 Å². The summed E-state index contributed by atoms with van der Waals surface area (Å²) in [6.07, 6.45) is 3.73. The zero-order valence-corrected chi connectivity index (χ0v) is 8.77. The van der Waals surface area contributed by atoms with Crippen LogP contribution in [0.4, 0.5) is 0 Å². The molecule has 0 saturated heterocycles. The highest BCUT2D eigenvalue weighted by molar-refractivity contribution is 6.30. The van der Waals surface area contributed by atoms with E-state index in [1.807, 2.05) is 24.3 Å². The molecule has 1 nitrogen and oxygen atoms in total. The molecule has 1 aromatic carbocycles. The van der Waals surface area contributed by atoms with Crippen molar-refractivity contribution in [1.29, 1.82) is 0 Å². The number of rotatable bonds is 3. The Hall–Kier alpha value is -0.660. The van der Waals surface area contributed by atoms with Gasteiger partial charge in [0, 0.05) is 16.5 Å². The van der Waals surface area contributed by atoms with Crippen LogP contribution in [-0.4, -0.2) is 13.0 Å². The van der Waals surface area contributed by atoms with Crippen molar-refractivity contribution in [3.8, 4) is 5.75 Å². The van der Waals surface area contributed by atoms with Gasteiger partial charge in [-0.15, -0.1) is 11.6 Å². The first kappa shape index (κ1) is 10.4. The quantitative estimate of drug-likeness (QED) is 0.703. The highest BCUT2D eigenvalue weighted by Crippen LogP contribution is 2.23. The molecule has 70 valence electrons. The van der Waals surface area contributed by atoms with Crippen molar-refractivity contribution in [3.63, 3.8) is 0 Å². The summed E-state index contributed by atoms with van der Waals surface area (Å²) in [5.74, 6) is 1.28. The fraction of sp³-hybridized carbons (Fsp3) is 0.200. The molecule has 0 aliphatic carbocycles. The SMILES string of the molecule is COc1ccc(Cl)cc1C=CCCl. The fourth-order valence-electron chi connectivity index (χ4n) is 1.01. The second-order valence-electron chi connectivity index (χ2n) is 2.44. The minimum atomic E-state index is 0.482. The van der Waals surface area contributed by atoms with Crippen LogP contribution in [0.3, 0.4) is 0 Å². The van der Waals surface area contributed by atoms with Crippen molar-refractivity contribution in [1.82, 2.24) is 0 Å². The summed E-state index contributed by atoms with van der Waals surface area (Å²) < 4.78 is 5.14. The van der Waals surface area contributed by atoms with Crippen molar-refractivity contribution in [2.24, 2.45) is 0 Å². The van der Waals surface area contributed by atoms with E-state index in [0.717, 1.165) is 11.3 Å². The molecule has 0 aliphatic rings. The fourth-order valence-corrected chi connectivity index (χ4v) is 1.28. The number of allylic oxidation sites excluding steroid dienone is 1. The number of hydrogen-bond acceptors (Lipinski definition) is 1. The van der Waals surface area contributed by atoms with Crippen molar-refractivity contribution >= 4 is 29.3 Å². The van der Waals surface area contributed by atoms with E-state index >= 15 is 0 Å². The molecule has 0 saturated carbocycles. The molecule has 0 heterocycles. The van der Waals surface area contributed by atoms with Crippen LogP contribution in [0.5, 0.6) is 5.75 Å². The normalized spacial score (nSPS) is 10.7. The first-order valence-electron chi connectivity index (χ1n) is 3.84. The third kappa shape index (κ3) is 2.94. The monoisotopic (exact) mass is 216 g/mol. The molecule has 1 rings (SSSR count). The van der Waals surface area contributed by atoms with Crippen LogP contribution in [-0.2, 0) is 0 Å². The second kappa shape index (κ2) is 5.15. The topological polar surface area (TPSA) is 9.23 Å². The lowest BCUT2D eigenvalue weighted by atomic mass is 10.2. The Balaban J connectivity index is 3.01. The summed E-state index contributed by atoms with van der Waals surface area (Å²) in [4.78, 5) is 0. The van der Waals surface area contributed by atoms with Crippen LogP contribution in [0.2, 0.25) is 5.02 Å². The van der Waals surface area contributed by atoms with E-state index in [1.54, 1.807) is 13.2 Å². The van der Waals surface area contributed by atoms with Crippen LogP contribution in [0.15, 0.2) is 24.3 Å². The Kier molecular flexibility index (Phi) is 4.13. The molecule has 0 atom stereocenters. The minimum Gasteiger partial charge on any atom is -0.496 e. The van der Waals surface area contributed by atoms with Crippen LogP contribution >= 0.6 is 23.2 Å². The lowest BCUT2D eigenvalue weighted by Crippen LogP contribution is -1.86. The molecule has 13 heavy (non-hydrogen) atoms. The zero-order chi connectivity index (χ0) is 9.68. The van der Waals surface area contributed by atoms with E-state index in [9.17, 15) is 0 Å². The first-order chi connectivity index (χ1) is 6.27. The number of methoxy groups -OCH3 is 1. The van der Waals surface area contributed by atoms with Crippen molar-refractivity contribution < 1.29 is 4.74 Å². The van der Waals surface area contributed by atoms with E-state index in [2.05, 4.69) is 0 Å². The summed E-state index contributed by atoms with van der Waals surface area (Å²) in [6, 6.07) is 5.46. The Morgan fingerprint density at radius 2 is 2.23 bits per heavy atom. The van der Waals surface area contributed by atoms with Gasteiger partial charge >= 0.3 is 0 Å². The van der Waals surface area contributed by atoms with Crippen LogP contribution in [0.1, 0.15) is 5.56 Å². The molecule has 0 bridgehead atoms. The highest BCUT2D eigenvalue weighted by Gasteiger charge is 1.99. The molecular formula is C10H10Cl2O. The summed E-state index contributed by atoms with van der Waals surface area (Å²) in [6.45, 7) is 0. The molecule has 0 unspecified atom stereocenters. The van der Waals surface area contributed by atoms with Gasteiger partial charge in [-0.2, -0.15) is 0 Å². The molecule has 0 spiro atoms. The third-order valence-corrected chi connectivity index (χ3v) is 1.99. The first-order valence-corrected chi connectivity index (χ1v) is 4.75. The van der Waals surface area contributed by atoms with Gasteiger partial charge in [0.2, 0.25) is 0 Å². The van der Waals surface area contributed by atoms with Crippen LogP contribution in [0, 0.1) is 0 Å². The van der Waals surface area contributed by atoms with Gasteiger partial charge in [-0.3, -0.25) is 0 Å². The van der Waals surface area contributed by atoms with Crippen molar-refractivity contribution in [3.05, 3.63) is 34.9 Å². The van der Waals surface area contributed by atoms with E-state index in [4.69, 9.17) is 27.9 Å². The predicted octanol–water partition coefficient (Wildman–Crippen LogP) is 3.60. The smallest absolute Gasteiger partial charge is 0.126 e. The van der Waals surface area contributed by atoms with Crippen molar-refractivity contribution in [2.75, 3.05) is 13.0 Å². The number of halogens is 2. The molecule has 0 amide bonds. The molecule has 0 aromatic heterocycles. The largest absolute Gasteiger partial charge is 0.496 e. The molecule has 0 fully saturated rings. The number of hydrogen-bond donors (Lipinski definition) is 0. The second-order valence-corrected chi connectivity index (χ2v) is 3.19. The van der Waals surface area contributed by atoms with E-state index in [1.165, 1.54) is 0 Å². The lowest BCUT2D eigenvalue weighted by Gasteiger charge is -2.04. The van der Waals surface area contributed by atoms with Gasteiger partial charge in [-0.1, -0.05) is 23.8 Å². The maximum atomic E-state index is 5.83.